The van der Waals surface area contributed by atoms with E-state index in [-0.39, 0.29) is 11.7 Å². The van der Waals surface area contributed by atoms with Crippen molar-refractivity contribution in [3.63, 3.8) is 0 Å². The van der Waals surface area contributed by atoms with E-state index in [2.05, 4.69) is 0 Å². The fraction of sp³-hybridized carbons (Fsp3) is 0.0556. The van der Waals surface area contributed by atoms with Crippen LogP contribution in [0.5, 0.6) is 5.75 Å². The van der Waals surface area contributed by atoms with Gasteiger partial charge in [0.25, 0.3) is 0 Å². The monoisotopic (exact) mass is 295 g/mol. The van der Waals surface area contributed by atoms with Crippen LogP contribution in [0.3, 0.4) is 0 Å². The number of nitrogens with zero attached hydrogens (tertiary/aromatic N) is 1. The third-order valence-electron chi connectivity index (χ3n) is 3.32. The number of carbonyl (C=O) groups excluding carboxylic acids is 1. The topological polar surface area (TPSA) is 29.5 Å². The molecule has 2 aromatic carbocycles. The van der Waals surface area contributed by atoms with E-state index < -0.39 is 6.09 Å². The normalized spacial score (nSPS) is 14.1. The van der Waals surface area contributed by atoms with Gasteiger partial charge in [-0.3, -0.25) is 4.90 Å². The molecule has 1 amide bonds. The van der Waals surface area contributed by atoms with Gasteiger partial charge >= 0.3 is 6.09 Å². The molecule has 3 rings (SSSR count). The molecule has 0 aliphatic carbocycles. The first-order valence-corrected chi connectivity index (χ1v) is 6.90. The van der Waals surface area contributed by atoms with Gasteiger partial charge < -0.3 is 4.74 Å². The lowest BCUT2D eigenvalue weighted by Crippen LogP contribution is -2.25. The SMILES string of the molecule is O=C(Oc1ccccc1)N1C=CC(c2ccc(F)cc2)C=C1. The summed E-state index contributed by atoms with van der Waals surface area (Å²) >= 11 is 0. The lowest BCUT2D eigenvalue weighted by Gasteiger charge is -2.20. The minimum Gasteiger partial charge on any atom is -0.410 e. The van der Waals surface area contributed by atoms with E-state index in [1.807, 2.05) is 18.2 Å². The van der Waals surface area contributed by atoms with Crippen LogP contribution in [-0.2, 0) is 0 Å². The van der Waals surface area contributed by atoms with Gasteiger partial charge in [-0.25, -0.2) is 9.18 Å². The van der Waals surface area contributed by atoms with Crippen LogP contribution >= 0.6 is 0 Å². The summed E-state index contributed by atoms with van der Waals surface area (Å²) in [6.45, 7) is 0. The molecule has 0 bridgehead atoms. The molecule has 0 saturated carbocycles. The van der Waals surface area contributed by atoms with Crippen molar-refractivity contribution >= 4 is 6.09 Å². The second kappa shape index (κ2) is 6.26. The summed E-state index contributed by atoms with van der Waals surface area (Å²) in [5.74, 6) is 0.247. The van der Waals surface area contributed by atoms with E-state index in [4.69, 9.17) is 4.74 Å². The van der Waals surface area contributed by atoms with Crippen molar-refractivity contribution in [1.29, 1.82) is 0 Å². The molecule has 0 radical (unpaired) electrons. The van der Waals surface area contributed by atoms with Crippen molar-refractivity contribution in [1.82, 2.24) is 4.90 Å². The molecular formula is C18H14FNO2. The van der Waals surface area contributed by atoms with Crippen molar-refractivity contribution in [2.24, 2.45) is 0 Å². The van der Waals surface area contributed by atoms with Gasteiger partial charge in [-0.05, 0) is 29.8 Å². The molecule has 0 unspecified atom stereocenters. The average molecular weight is 295 g/mol. The predicted molar refractivity (Wildman–Crippen MR) is 81.7 cm³/mol. The van der Waals surface area contributed by atoms with Crippen molar-refractivity contribution in [2.75, 3.05) is 0 Å². The lowest BCUT2D eigenvalue weighted by atomic mass is 9.98. The first-order chi connectivity index (χ1) is 10.7. The number of para-hydroxylation sites is 1. The highest BCUT2D eigenvalue weighted by molar-refractivity contribution is 5.73. The molecule has 1 heterocycles. The number of hydrogen-bond donors (Lipinski definition) is 0. The Bertz CT molecular complexity index is 694. The number of amides is 1. The summed E-state index contributed by atoms with van der Waals surface area (Å²) in [7, 11) is 0. The van der Waals surface area contributed by atoms with Gasteiger partial charge in [-0.2, -0.15) is 0 Å². The number of halogens is 1. The van der Waals surface area contributed by atoms with Crippen LogP contribution in [0.25, 0.3) is 0 Å². The highest BCUT2D eigenvalue weighted by Gasteiger charge is 2.16. The lowest BCUT2D eigenvalue weighted by molar-refractivity contribution is 0.181. The fourth-order valence-corrected chi connectivity index (χ4v) is 2.16. The molecule has 0 spiro atoms. The Hall–Kier alpha value is -2.88. The summed E-state index contributed by atoms with van der Waals surface area (Å²) in [6.07, 6.45) is 6.55. The molecule has 1 aliphatic heterocycles. The van der Waals surface area contributed by atoms with Crippen LogP contribution in [0.2, 0.25) is 0 Å². The van der Waals surface area contributed by atoms with Crippen molar-refractivity contribution in [3.8, 4) is 5.75 Å². The molecule has 0 aromatic heterocycles. The van der Waals surface area contributed by atoms with E-state index in [1.54, 1.807) is 48.8 Å². The van der Waals surface area contributed by atoms with Gasteiger partial charge in [0.2, 0.25) is 0 Å². The highest BCUT2D eigenvalue weighted by Crippen LogP contribution is 2.23. The molecule has 0 atom stereocenters. The Kier molecular flexibility index (Phi) is 4.01. The van der Waals surface area contributed by atoms with Crippen LogP contribution in [0, 0.1) is 5.82 Å². The molecule has 4 heteroatoms. The number of allylic oxidation sites excluding steroid dienone is 2. The minimum absolute atomic E-state index is 0.0152. The van der Waals surface area contributed by atoms with Gasteiger partial charge in [-0.15, -0.1) is 0 Å². The van der Waals surface area contributed by atoms with Gasteiger partial charge in [0.1, 0.15) is 11.6 Å². The smallest absolute Gasteiger partial charge is 0.410 e. The maximum atomic E-state index is 12.9. The van der Waals surface area contributed by atoms with Crippen molar-refractivity contribution in [3.05, 3.63) is 90.5 Å². The summed E-state index contributed by atoms with van der Waals surface area (Å²) in [4.78, 5) is 13.4. The van der Waals surface area contributed by atoms with E-state index in [0.717, 1.165) is 5.56 Å². The second-order valence-electron chi connectivity index (χ2n) is 4.85. The zero-order valence-corrected chi connectivity index (χ0v) is 11.7. The quantitative estimate of drug-likeness (QED) is 0.819. The molecule has 3 nitrogen and oxygen atoms in total. The van der Waals surface area contributed by atoms with Crippen LogP contribution in [0.15, 0.2) is 79.1 Å². The summed E-state index contributed by atoms with van der Waals surface area (Å²) < 4.78 is 18.2. The average Bonchev–Trinajstić information content (AvgIpc) is 2.57. The Morgan fingerprint density at radius 3 is 2.23 bits per heavy atom. The van der Waals surface area contributed by atoms with Gasteiger partial charge in [0.15, 0.2) is 0 Å². The fourth-order valence-electron chi connectivity index (χ4n) is 2.16. The minimum atomic E-state index is -0.476. The maximum absolute atomic E-state index is 12.9. The largest absolute Gasteiger partial charge is 0.423 e. The summed E-state index contributed by atoms with van der Waals surface area (Å²) in [6, 6.07) is 15.2. The van der Waals surface area contributed by atoms with E-state index >= 15 is 0 Å². The summed E-state index contributed by atoms with van der Waals surface area (Å²) in [5.41, 5.74) is 0.963. The summed E-state index contributed by atoms with van der Waals surface area (Å²) in [5, 5.41) is 0. The van der Waals surface area contributed by atoms with E-state index in [1.165, 1.54) is 17.0 Å². The Labute approximate surface area is 127 Å². The van der Waals surface area contributed by atoms with Crippen LogP contribution in [0.1, 0.15) is 11.5 Å². The first-order valence-electron chi connectivity index (χ1n) is 6.90. The third kappa shape index (κ3) is 3.23. The van der Waals surface area contributed by atoms with Gasteiger partial charge in [0.05, 0.1) is 0 Å². The standard InChI is InChI=1S/C18H14FNO2/c19-16-8-6-14(7-9-16)15-10-12-20(13-11-15)18(21)22-17-4-2-1-3-5-17/h1-13,15H. The van der Waals surface area contributed by atoms with Crippen LogP contribution in [-0.4, -0.2) is 11.0 Å². The van der Waals surface area contributed by atoms with Gasteiger partial charge in [-0.1, -0.05) is 42.5 Å². The van der Waals surface area contributed by atoms with E-state index in [0.29, 0.717) is 5.75 Å². The van der Waals surface area contributed by atoms with Crippen molar-refractivity contribution in [2.45, 2.75) is 5.92 Å². The van der Waals surface area contributed by atoms with Crippen LogP contribution < -0.4 is 4.74 Å². The number of ether oxygens (including phenoxy) is 1. The predicted octanol–water partition coefficient (Wildman–Crippen LogP) is 4.45. The zero-order chi connectivity index (χ0) is 15.4. The van der Waals surface area contributed by atoms with E-state index in [9.17, 15) is 9.18 Å². The molecule has 0 fully saturated rings. The third-order valence-corrected chi connectivity index (χ3v) is 3.32. The Morgan fingerprint density at radius 1 is 0.955 bits per heavy atom. The second-order valence-corrected chi connectivity index (χ2v) is 4.85. The Morgan fingerprint density at radius 2 is 1.59 bits per heavy atom. The number of rotatable bonds is 2. The highest BCUT2D eigenvalue weighted by atomic mass is 19.1. The maximum Gasteiger partial charge on any atom is 0.423 e. The molecule has 110 valence electrons. The van der Waals surface area contributed by atoms with Crippen molar-refractivity contribution < 1.29 is 13.9 Å². The van der Waals surface area contributed by atoms with Gasteiger partial charge in [0, 0.05) is 18.3 Å². The first kappa shape index (κ1) is 14.1. The molecule has 2 aromatic rings. The molecule has 0 saturated heterocycles. The molecule has 1 aliphatic rings. The number of carbonyl (C=O) groups is 1. The zero-order valence-electron chi connectivity index (χ0n) is 11.7. The number of benzene rings is 2. The Balaban J connectivity index is 1.65. The van der Waals surface area contributed by atoms with Crippen LogP contribution in [0.4, 0.5) is 9.18 Å². The molecular weight excluding hydrogens is 281 g/mol. The molecule has 0 N–H and O–H groups in total. The molecule has 22 heavy (non-hydrogen) atoms. The number of hydrogen-bond acceptors (Lipinski definition) is 2.